The number of rotatable bonds is 4. The summed E-state index contributed by atoms with van der Waals surface area (Å²) in [6, 6.07) is 13.8. The summed E-state index contributed by atoms with van der Waals surface area (Å²) < 4.78 is 1.79. The van der Waals surface area contributed by atoms with E-state index >= 15 is 0 Å². The summed E-state index contributed by atoms with van der Waals surface area (Å²) in [6.07, 6.45) is 4.95. The third-order valence-corrected chi connectivity index (χ3v) is 6.37. The first kappa shape index (κ1) is 18.6. The van der Waals surface area contributed by atoms with Crippen molar-refractivity contribution >= 4 is 22.7 Å². The fourth-order valence-electron chi connectivity index (χ4n) is 4.45. The fourth-order valence-corrected chi connectivity index (χ4v) is 4.45. The quantitative estimate of drug-likeness (QED) is 0.706. The second kappa shape index (κ2) is 7.45. The van der Waals surface area contributed by atoms with Gasteiger partial charge < -0.3 is 10.0 Å². The Kier molecular flexibility index (Phi) is 4.62. The summed E-state index contributed by atoms with van der Waals surface area (Å²) in [7, 11) is 0. The van der Waals surface area contributed by atoms with Crippen LogP contribution in [0.5, 0.6) is 0 Å². The minimum Gasteiger partial charge on any atom is -0.477 e. The molecule has 5 rings (SSSR count). The Balaban J connectivity index is 1.73. The number of pyridine rings is 1. The molecule has 1 aromatic carbocycles. The zero-order chi connectivity index (χ0) is 20.7. The maximum Gasteiger partial charge on any atom is 0.354 e. The van der Waals surface area contributed by atoms with Gasteiger partial charge in [0.2, 0.25) is 0 Å². The molecule has 0 amide bonds. The Labute approximate surface area is 174 Å². The van der Waals surface area contributed by atoms with Crippen molar-refractivity contribution in [3.8, 4) is 11.8 Å². The Morgan fingerprint density at radius 1 is 1.13 bits per heavy atom. The SMILES string of the molecule is N#CC1CCN(c2cc(C(=O)O)nc3c2c(C2CCC2)nn3-c2ccccc2)CC1. The molecule has 0 unspecified atom stereocenters. The van der Waals surface area contributed by atoms with Crippen molar-refractivity contribution in [2.24, 2.45) is 5.92 Å². The lowest BCUT2D eigenvalue weighted by molar-refractivity contribution is 0.0691. The molecule has 152 valence electrons. The smallest absolute Gasteiger partial charge is 0.354 e. The topological polar surface area (TPSA) is 95.0 Å². The standard InChI is InChI=1S/C23H23N5O2/c24-14-15-9-11-27(12-10-15)19-13-18(23(29)30)25-22-20(19)21(16-5-4-6-16)26-28(22)17-7-2-1-3-8-17/h1-3,7-8,13,15-16H,4-6,9-12H2,(H,29,30). The van der Waals surface area contributed by atoms with Crippen LogP contribution in [0.15, 0.2) is 36.4 Å². The summed E-state index contributed by atoms with van der Waals surface area (Å²) >= 11 is 0. The molecular formula is C23H23N5O2. The van der Waals surface area contributed by atoms with Crippen molar-refractivity contribution < 1.29 is 9.90 Å². The number of para-hydroxylation sites is 1. The monoisotopic (exact) mass is 401 g/mol. The number of nitrogens with zero attached hydrogens (tertiary/aromatic N) is 5. The highest BCUT2D eigenvalue weighted by molar-refractivity contribution is 5.98. The number of carboxylic acids is 1. The molecule has 2 aromatic heterocycles. The highest BCUT2D eigenvalue weighted by Crippen LogP contribution is 2.43. The van der Waals surface area contributed by atoms with Crippen molar-refractivity contribution in [2.45, 2.75) is 38.0 Å². The Hall–Kier alpha value is -3.40. The summed E-state index contributed by atoms with van der Waals surface area (Å²) in [6.45, 7) is 1.47. The minimum absolute atomic E-state index is 0.0251. The average Bonchev–Trinajstić information content (AvgIpc) is 3.12. The van der Waals surface area contributed by atoms with E-state index in [2.05, 4.69) is 16.0 Å². The van der Waals surface area contributed by atoms with E-state index in [-0.39, 0.29) is 11.6 Å². The molecule has 3 aromatic rings. The highest BCUT2D eigenvalue weighted by Gasteiger charge is 2.31. The summed E-state index contributed by atoms with van der Waals surface area (Å²) in [5, 5.41) is 24.9. The molecule has 3 heterocycles. The maximum atomic E-state index is 11.9. The second-order valence-corrected chi connectivity index (χ2v) is 8.18. The lowest BCUT2D eigenvalue weighted by atomic mass is 9.82. The number of carboxylic acid groups (broad SMARTS) is 1. The summed E-state index contributed by atoms with van der Waals surface area (Å²) in [4.78, 5) is 18.6. The Morgan fingerprint density at radius 2 is 1.87 bits per heavy atom. The number of carbonyl (C=O) groups is 1. The second-order valence-electron chi connectivity index (χ2n) is 8.18. The van der Waals surface area contributed by atoms with E-state index in [0.717, 1.165) is 61.2 Å². The van der Waals surface area contributed by atoms with Gasteiger partial charge in [0.25, 0.3) is 0 Å². The van der Waals surface area contributed by atoms with Gasteiger partial charge >= 0.3 is 5.97 Å². The van der Waals surface area contributed by atoms with Crippen LogP contribution in [-0.4, -0.2) is 38.9 Å². The van der Waals surface area contributed by atoms with Gasteiger partial charge in [-0.15, -0.1) is 0 Å². The Bertz CT molecular complexity index is 1140. The third kappa shape index (κ3) is 3.09. The maximum absolute atomic E-state index is 11.9. The number of aromatic nitrogens is 3. The van der Waals surface area contributed by atoms with Crippen LogP contribution in [0.2, 0.25) is 0 Å². The molecule has 7 heteroatoms. The van der Waals surface area contributed by atoms with Crippen LogP contribution in [0.3, 0.4) is 0 Å². The molecule has 7 nitrogen and oxygen atoms in total. The number of hydrogen-bond donors (Lipinski definition) is 1. The van der Waals surface area contributed by atoms with Crippen LogP contribution in [-0.2, 0) is 0 Å². The van der Waals surface area contributed by atoms with Crippen LogP contribution in [0.4, 0.5) is 5.69 Å². The van der Waals surface area contributed by atoms with Gasteiger partial charge in [-0.05, 0) is 43.9 Å². The van der Waals surface area contributed by atoms with Crippen LogP contribution in [0.25, 0.3) is 16.7 Å². The van der Waals surface area contributed by atoms with Crippen molar-refractivity contribution in [3.63, 3.8) is 0 Å². The molecule has 0 atom stereocenters. The van der Waals surface area contributed by atoms with Crippen LogP contribution in [0.1, 0.15) is 54.2 Å². The average molecular weight is 401 g/mol. The fraction of sp³-hybridized carbons (Fsp3) is 0.391. The number of aromatic carboxylic acids is 1. The molecule has 1 aliphatic carbocycles. The van der Waals surface area contributed by atoms with Gasteiger partial charge in [-0.25, -0.2) is 14.5 Å². The van der Waals surface area contributed by atoms with Gasteiger partial charge in [0.15, 0.2) is 11.3 Å². The molecule has 1 saturated carbocycles. The molecule has 1 saturated heterocycles. The number of anilines is 1. The number of fused-ring (bicyclic) bond motifs is 1. The summed E-state index contributed by atoms with van der Waals surface area (Å²) in [5.74, 6) is -0.600. The number of hydrogen-bond acceptors (Lipinski definition) is 5. The highest BCUT2D eigenvalue weighted by atomic mass is 16.4. The first-order chi connectivity index (χ1) is 14.7. The minimum atomic E-state index is -1.05. The molecule has 1 aliphatic heterocycles. The summed E-state index contributed by atoms with van der Waals surface area (Å²) in [5.41, 5.74) is 3.40. The van der Waals surface area contributed by atoms with E-state index in [4.69, 9.17) is 5.10 Å². The normalized spacial score (nSPS) is 17.6. The van der Waals surface area contributed by atoms with Gasteiger partial charge in [-0.1, -0.05) is 24.6 Å². The van der Waals surface area contributed by atoms with Gasteiger partial charge in [0, 0.05) is 24.9 Å². The van der Waals surface area contributed by atoms with Crippen LogP contribution in [0, 0.1) is 17.2 Å². The van der Waals surface area contributed by atoms with E-state index < -0.39 is 5.97 Å². The first-order valence-electron chi connectivity index (χ1n) is 10.5. The lowest BCUT2D eigenvalue weighted by Crippen LogP contribution is -2.33. The van der Waals surface area contributed by atoms with Gasteiger partial charge in [0.05, 0.1) is 28.5 Å². The molecule has 0 radical (unpaired) electrons. The number of benzene rings is 1. The van der Waals surface area contributed by atoms with E-state index in [1.165, 1.54) is 6.42 Å². The molecule has 0 bridgehead atoms. The predicted octanol–water partition coefficient (Wildman–Crippen LogP) is 4.13. The first-order valence-corrected chi connectivity index (χ1v) is 10.5. The van der Waals surface area contributed by atoms with Crippen molar-refractivity contribution in [1.82, 2.24) is 14.8 Å². The zero-order valence-corrected chi connectivity index (χ0v) is 16.7. The van der Waals surface area contributed by atoms with Crippen molar-refractivity contribution in [2.75, 3.05) is 18.0 Å². The number of nitriles is 1. The van der Waals surface area contributed by atoms with Gasteiger partial charge in [-0.2, -0.15) is 10.4 Å². The third-order valence-electron chi connectivity index (χ3n) is 6.37. The largest absolute Gasteiger partial charge is 0.477 e. The molecule has 2 fully saturated rings. The van der Waals surface area contributed by atoms with E-state index in [0.29, 0.717) is 11.6 Å². The van der Waals surface area contributed by atoms with E-state index in [1.807, 2.05) is 30.3 Å². The zero-order valence-electron chi connectivity index (χ0n) is 16.7. The molecule has 2 aliphatic rings. The van der Waals surface area contributed by atoms with Gasteiger partial charge in [0.1, 0.15) is 0 Å². The predicted molar refractivity (Wildman–Crippen MR) is 113 cm³/mol. The van der Waals surface area contributed by atoms with Crippen LogP contribution < -0.4 is 4.90 Å². The van der Waals surface area contributed by atoms with Crippen molar-refractivity contribution in [3.05, 3.63) is 47.8 Å². The number of piperidine rings is 1. The molecular weight excluding hydrogens is 378 g/mol. The lowest BCUT2D eigenvalue weighted by Gasteiger charge is -2.32. The van der Waals surface area contributed by atoms with Gasteiger partial charge in [-0.3, -0.25) is 0 Å². The van der Waals surface area contributed by atoms with E-state index in [9.17, 15) is 15.2 Å². The molecule has 0 spiro atoms. The molecule has 1 N–H and O–H groups in total. The molecule has 30 heavy (non-hydrogen) atoms. The van der Waals surface area contributed by atoms with E-state index in [1.54, 1.807) is 10.7 Å². The van der Waals surface area contributed by atoms with Crippen LogP contribution >= 0.6 is 0 Å². The Morgan fingerprint density at radius 3 is 2.47 bits per heavy atom. The van der Waals surface area contributed by atoms with Crippen molar-refractivity contribution in [1.29, 1.82) is 5.26 Å².